The molecule has 0 aliphatic rings. The number of aliphatic hydroxyl groups is 1. The van der Waals surface area contributed by atoms with E-state index in [1.165, 1.54) is 9.71 Å². The minimum absolute atomic E-state index is 0.220. The Kier molecular flexibility index (Phi) is 4.69. The number of aromatic nitrogens is 1. The number of rotatable bonds is 6. The highest BCUT2D eigenvalue weighted by Crippen LogP contribution is 2.23. The molecule has 0 spiro atoms. The molecule has 1 unspecified atom stereocenters. The van der Waals surface area contributed by atoms with Crippen molar-refractivity contribution in [2.45, 2.75) is 26.3 Å². The molecule has 98 valence electrons. The molecule has 1 atom stereocenters. The van der Waals surface area contributed by atoms with Crippen molar-refractivity contribution in [1.82, 2.24) is 9.88 Å². The summed E-state index contributed by atoms with van der Waals surface area (Å²) in [5.41, 5.74) is 1.09. The Balaban J connectivity index is 2.08. The molecule has 1 heterocycles. The number of para-hydroxylation sites is 1. The number of fused-ring (bicyclic) bond motifs is 1. The van der Waals surface area contributed by atoms with E-state index in [1.54, 1.807) is 11.3 Å². The van der Waals surface area contributed by atoms with Gasteiger partial charge in [0.2, 0.25) is 0 Å². The summed E-state index contributed by atoms with van der Waals surface area (Å²) in [4.78, 5) is 6.94. The van der Waals surface area contributed by atoms with E-state index in [-0.39, 0.29) is 6.61 Å². The van der Waals surface area contributed by atoms with E-state index in [4.69, 9.17) is 5.11 Å². The Labute approximate surface area is 112 Å². The Morgan fingerprint density at radius 2 is 2.17 bits per heavy atom. The van der Waals surface area contributed by atoms with Gasteiger partial charge in [0, 0.05) is 19.0 Å². The standard InChI is InChI=1S/C14H20N2OS/c1-3-16(8-9-17)11(2)10-14-15-12-6-4-5-7-13(12)18-14/h4-7,11,17H,3,8-10H2,1-2H3. The van der Waals surface area contributed by atoms with Gasteiger partial charge in [-0.25, -0.2) is 4.98 Å². The van der Waals surface area contributed by atoms with Gasteiger partial charge < -0.3 is 5.11 Å². The van der Waals surface area contributed by atoms with Crippen LogP contribution in [0.15, 0.2) is 24.3 Å². The third-order valence-electron chi connectivity index (χ3n) is 3.22. The van der Waals surface area contributed by atoms with Crippen LogP contribution >= 0.6 is 11.3 Å². The van der Waals surface area contributed by atoms with Gasteiger partial charge in [0.1, 0.15) is 0 Å². The van der Waals surface area contributed by atoms with Gasteiger partial charge in [0.05, 0.1) is 21.8 Å². The van der Waals surface area contributed by atoms with Crippen LogP contribution in [-0.2, 0) is 6.42 Å². The molecule has 0 aliphatic heterocycles. The maximum Gasteiger partial charge on any atom is 0.0954 e. The Morgan fingerprint density at radius 1 is 1.39 bits per heavy atom. The van der Waals surface area contributed by atoms with Gasteiger partial charge in [-0.2, -0.15) is 0 Å². The number of benzene rings is 1. The summed E-state index contributed by atoms with van der Waals surface area (Å²) in [6.45, 7) is 6.25. The Hall–Kier alpha value is -0.970. The van der Waals surface area contributed by atoms with Gasteiger partial charge in [-0.05, 0) is 25.6 Å². The van der Waals surface area contributed by atoms with Crippen molar-refractivity contribution in [1.29, 1.82) is 0 Å². The summed E-state index contributed by atoms with van der Waals surface area (Å²) < 4.78 is 1.25. The molecule has 2 rings (SSSR count). The molecule has 18 heavy (non-hydrogen) atoms. The molecule has 0 fully saturated rings. The molecule has 3 nitrogen and oxygen atoms in total. The number of hydrogen-bond donors (Lipinski definition) is 1. The maximum absolute atomic E-state index is 9.04. The summed E-state index contributed by atoms with van der Waals surface area (Å²) >= 11 is 1.77. The molecule has 0 aliphatic carbocycles. The van der Waals surface area contributed by atoms with Crippen molar-refractivity contribution >= 4 is 21.6 Å². The number of nitrogens with zero attached hydrogens (tertiary/aromatic N) is 2. The minimum Gasteiger partial charge on any atom is -0.395 e. The lowest BCUT2D eigenvalue weighted by Crippen LogP contribution is -2.36. The monoisotopic (exact) mass is 264 g/mol. The number of aliphatic hydroxyl groups excluding tert-OH is 1. The highest BCUT2D eigenvalue weighted by atomic mass is 32.1. The average Bonchev–Trinajstić information content (AvgIpc) is 2.77. The van der Waals surface area contributed by atoms with Crippen LogP contribution in [0.1, 0.15) is 18.9 Å². The molecule has 1 aromatic heterocycles. The minimum atomic E-state index is 0.220. The zero-order valence-corrected chi connectivity index (χ0v) is 11.8. The van der Waals surface area contributed by atoms with Crippen molar-refractivity contribution in [2.75, 3.05) is 19.7 Å². The molecule has 1 N–H and O–H groups in total. The van der Waals surface area contributed by atoms with Crippen LogP contribution in [0.4, 0.5) is 0 Å². The van der Waals surface area contributed by atoms with Gasteiger partial charge in [-0.1, -0.05) is 19.1 Å². The lowest BCUT2D eigenvalue weighted by Gasteiger charge is -2.26. The van der Waals surface area contributed by atoms with Crippen molar-refractivity contribution in [3.63, 3.8) is 0 Å². The number of thiazole rings is 1. The maximum atomic E-state index is 9.04. The predicted octanol–water partition coefficient (Wildman–Crippen LogP) is 2.54. The smallest absolute Gasteiger partial charge is 0.0954 e. The van der Waals surface area contributed by atoms with E-state index >= 15 is 0 Å². The number of hydrogen-bond acceptors (Lipinski definition) is 4. The first-order chi connectivity index (χ1) is 8.74. The topological polar surface area (TPSA) is 36.4 Å². The second-order valence-electron chi connectivity index (χ2n) is 4.48. The SMILES string of the molecule is CCN(CCO)C(C)Cc1nc2ccccc2s1. The van der Waals surface area contributed by atoms with Crippen molar-refractivity contribution in [2.24, 2.45) is 0 Å². The first-order valence-electron chi connectivity index (χ1n) is 6.44. The molecular weight excluding hydrogens is 244 g/mol. The summed E-state index contributed by atoms with van der Waals surface area (Å²) in [6.07, 6.45) is 0.952. The third kappa shape index (κ3) is 3.07. The molecule has 0 bridgehead atoms. The van der Waals surface area contributed by atoms with Gasteiger partial charge in [-0.15, -0.1) is 11.3 Å². The molecular formula is C14H20N2OS. The molecule has 0 radical (unpaired) electrons. The third-order valence-corrected chi connectivity index (χ3v) is 4.28. The summed E-state index contributed by atoms with van der Waals surface area (Å²) in [7, 11) is 0. The second kappa shape index (κ2) is 6.27. The zero-order chi connectivity index (χ0) is 13.0. The van der Waals surface area contributed by atoms with Crippen molar-refractivity contribution in [3.05, 3.63) is 29.3 Å². The largest absolute Gasteiger partial charge is 0.395 e. The Bertz CT molecular complexity index is 464. The lowest BCUT2D eigenvalue weighted by molar-refractivity contribution is 0.164. The van der Waals surface area contributed by atoms with Crippen LogP contribution < -0.4 is 0 Å². The molecule has 1 aromatic carbocycles. The molecule has 0 saturated carbocycles. The van der Waals surface area contributed by atoms with Gasteiger partial charge in [-0.3, -0.25) is 4.90 Å². The summed E-state index contributed by atoms with van der Waals surface area (Å²) in [5.74, 6) is 0. The first-order valence-corrected chi connectivity index (χ1v) is 7.25. The van der Waals surface area contributed by atoms with Crippen molar-refractivity contribution in [3.8, 4) is 0 Å². The van der Waals surface area contributed by atoms with E-state index in [0.717, 1.165) is 25.0 Å². The van der Waals surface area contributed by atoms with E-state index in [2.05, 4.69) is 41.9 Å². The van der Waals surface area contributed by atoms with E-state index in [9.17, 15) is 0 Å². The number of likely N-dealkylation sites (N-methyl/N-ethyl adjacent to an activating group) is 1. The molecule has 0 saturated heterocycles. The average molecular weight is 264 g/mol. The van der Waals surface area contributed by atoms with Crippen LogP contribution in [0.2, 0.25) is 0 Å². The molecule has 2 aromatic rings. The lowest BCUT2D eigenvalue weighted by atomic mass is 10.2. The van der Waals surface area contributed by atoms with Gasteiger partial charge in [0.25, 0.3) is 0 Å². The second-order valence-corrected chi connectivity index (χ2v) is 5.60. The fraction of sp³-hybridized carbons (Fsp3) is 0.500. The highest BCUT2D eigenvalue weighted by Gasteiger charge is 2.14. The summed E-state index contributed by atoms with van der Waals surface area (Å²) in [6, 6.07) is 8.68. The predicted molar refractivity (Wildman–Crippen MR) is 77.1 cm³/mol. The molecule has 0 amide bonds. The Morgan fingerprint density at radius 3 is 2.83 bits per heavy atom. The zero-order valence-electron chi connectivity index (χ0n) is 11.0. The van der Waals surface area contributed by atoms with Crippen LogP contribution in [0.5, 0.6) is 0 Å². The van der Waals surface area contributed by atoms with E-state index in [1.807, 2.05) is 6.07 Å². The van der Waals surface area contributed by atoms with Crippen LogP contribution in [0, 0.1) is 0 Å². The van der Waals surface area contributed by atoms with E-state index < -0.39 is 0 Å². The van der Waals surface area contributed by atoms with E-state index in [0.29, 0.717) is 6.04 Å². The first kappa shape index (κ1) is 13.5. The van der Waals surface area contributed by atoms with Gasteiger partial charge in [0.15, 0.2) is 0 Å². The summed E-state index contributed by atoms with van der Waals surface area (Å²) in [5, 5.41) is 10.2. The highest BCUT2D eigenvalue weighted by molar-refractivity contribution is 7.18. The van der Waals surface area contributed by atoms with Crippen molar-refractivity contribution < 1.29 is 5.11 Å². The van der Waals surface area contributed by atoms with Crippen LogP contribution in [0.25, 0.3) is 10.2 Å². The fourth-order valence-electron chi connectivity index (χ4n) is 2.21. The van der Waals surface area contributed by atoms with Crippen LogP contribution in [0.3, 0.4) is 0 Å². The molecule has 4 heteroatoms. The normalized spacial score (nSPS) is 13.3. The van der Waals surface area contributed by atoms with Gasteiger partial charge >= 0.3 is 0 Å². The quantitative estimate of drug-likeness (QED) is 0.871. The fourth-order valence-corrected chi connectivity index (χ4v) is 3.29. The van der Waals surface area contributed by atoms with Crippen LogP contribution in [-0.4, -0.2) is 40.7 Å².